The average Bonchev–Trinajstić information content (AvgIpc) is 3.13. The highest BCUT2D eigenvalue weighted by atomic mass is 16.5. The Morgan fingerprint density at radius 2 is 2.41 bits per heavy atom. The Morgan fingerprint density at radius 1 is 1.71 bits per heavy atom. The molecule has 1 aliphatic rings. The third kappa shape index (κ3) is 2.26. The van der Waals surface area contributed by atoms with Crippen molar-refractivity contribution in [1.29, 1.82) is 0 Å². The SMILES string of the molecule is COc1c(NC(C)(CN)C2CC2)nc[nH]c1=O. The van der Waals surface area contributed by atoms with Gasteiger partial charge in [0.1, 0.15) is 0 Å². The molecule has 6 heteroatoms. The Kier molecular flexibility index (Phi) is 3.06. The van der Waals surface area contributed by atoms with Crippen LogP contribution in [0.25, 0.3) is 0 Å². The summed E-state index contributed by atoms with van der Waals surface area (Å²) in [5.41, 5.74) is 5.29. The molecule has 94 valence electrons. The van der Waals surface area contributed by atoms with Crippen molar-refractivity contribution in [2.75, 3.05) is 19.0 Å². The summed E-state index contributed by atoms with van der Waals surface area (Å²) in [7, 11) is 1.45. The topological polar surface area (TPSA) is 93.0 Å². The van der Waals surface area contributed by atoms with Crippen LogP contribution in [-0.2, 0) is 0 Å². The molecule has 0 radical (unpaired) electrons. The van der Waals surface area contributed by atoms with Gasteiger partial charge in [-0.1, -0.05) is 0 Å². The number of anilines is 1. The van der Waals surface area contributed by atoms with E-state index in [1.807, 2.05) is 6.92 Å². The van der Waals surface area contributed by atoms with Crippen molar-refractivity contribution < 1.29 is 4.74 Å². The standard InChI is InChI=1S/C11H18N4O2/c1-11(5-12,7-3-4-7)15-9-8(17-2)10(16)14-6-13-9/h6-7H,3-5,12H2,1-2H3,(H2,13,14,15,16). The van der Waals surface area contributed by atoms with Gasteiger partial charge in [0.2, 0.25) is 5.75 Å². The lowest BCUT2D eigenvalue weighted by atomic mass is 9.96. The number of nitrogens with zero attached hydrogens (tertiary/aromatic N) is 1. The van der Waals surface area contributed by atoms with E-state index >= 15 is 0 Å². The lowest BCUT2D eigenvalue weighted by Gasteiger charge is -2.30. The molecule has 1 heterocycles. The minimum atomic E-state index is -0.292. The maximum Gasteiger partial charge on any atom is 0.295 e. The lowest BCUT2D eigenvalue weighted by Crippen LogP contribution is -2.45. The van der Waals surface area contributed by atoms with Crippen molar-refractivity contribution in [3.63, 3.8) is 0 Å². The summed E-state index contributed by atoms with van der Waals surface area (Å²) in [6.07, 6.45) is 3.68. The predicted octanol–water partition coefficient (Wildman–Crippen LogP) is 0.318. The van der Waals surface area contributed by atoms with E-state index in [2.05, 4.69) is 15.3 Å². The number of rotatable bonds is 5. The first-order valence-electron chi connectivity index (χ1n) is 5.70. The Labute approximate surface area is 99.6 Å². The molecule has 1 fully saturated rings. The Hall–Kier alpha value is -1.56. The number of H-pyrrole nitrogens is 1. The Bertz CT molecular complexity index is 455. The van der Waals surface area contributed by atoms with Crippen molar-refractivity contribution in [1.82, 2.24) is 9.97 Å². The molecule has 1 unspecified atom stereocenters. The van der Waals surface area contributed by atoms with Gasteiger partial charge in [0.15, 0.2) is 5.82 Å². The summed E-state index contributed by atoms with van der Waals surface area (Å²) in [5, 5.41) is 3.25. The highest BCUT2D eigenvalue weighted by Gasteiger charge is 2.41. The summed E-state index contributed by atoms with van der Waals surface area (Å²) >= 11 is 0. The second kappa shape index (κ2) is 4.37. The van der Waals surface area contributed by atoms with E-state index in [1.165, 1.54) is 13.4 Å². The quantitative estimate of drug-likeness (QED) is 0.687. The molecule has 1 aliphatic carbocycles. The predicted molar refractivity (Wildman–Crippen MR) is 65.2 cm³/mol. The Balaban J connectivity index is 2.28. The van der Waals surface area contributed by atoms with Gasteiger partial charge in [-0.05, 0) is 25.7 Å². The average molecular weight is 238 g/mol. The smallest absolute Gasteiger partial charge is 0.295 e. The normalized spacial score (nSPS) is 18.5. The zero-order valence-electron chi connectivity index (χ0n) is 10.1. The van der Waals surface area contributed by atoms with Crippen molar-refractivity contribution in [3.8, 4) is 5.75 Å². The molecule has 0 aromatic carbocycles. The molecule has 0 saturated heterocycles. The summed E-state index contributed by atoms with van der Waals surface area (Å²) in [6.45, 7) is 2.54. The first-order chi connectivity index (χ1) is 8.10. The molecule has 0 aliphatic heterocycles. The highest BCUT2D eigenvalue weighted by molar-refractivity contribution is 5.50. The second-order valence-corrected chi connectivity index (χ2v) is 4.63. The van der Waals surface area contributed by atoms with Crippen LogP contribution in [0.15, 0.2) is 11.1 Å². The van der Waals surface area contributed by atoms with Gasteiger partial charge in [0.05, 0.1) is 19.0 Å². The summed E-state index contributed by atoms with van der Waals surface area (Å²) in [6, 6.07) is 0. The molecule has 1 aromatic rings. The van der Waals surface area contributed by atoms with Crippen LogP contribution in [-0.4, -0.2) is 29.2 Å². The summed E-state index contributed by atoms with van der Waals surface area (Å²) in [4.78, 5) is 18.1. The van der Waals surface area contributed by atoms with Crippen LogP contribution in [0.4, 0.5) is 5.82 Å². The van der Waals surface area contributed by atoms with Crippen LogP contribution in [0, 0.1) is 5.92 Å². The maximum absolute atomic E-state index is 11.5. The largest absolute Gasteiger partial charge is 0.489 e. The van der Waals surface area contributed by atoms with E-state index in [0.29, 0.717) is 18.3 Å². The van der Waals surface area contributed by atoms with Crippen LogP contribution in [0.3, 0.4) is 0 Å². The molecule has 0 amide bonds. The van der Waals surface area contributed by atoms with E-state index < -0.39 is 0 Å². The number of methoxy groups -OCH3 is 1. The fraction of sp³-hybridized carbons (Fsp3) is 0.636. The van der Waals surface area contributed by atoms with Crippen molar-refractivity contribution in [3.05, 3.63) is 16.7 Å². The molecule has 0 bridgehead atoms. The van der Waals surface area contributed by atoms with Gasteiger partial charge in [-0.25, -0.2) is 4.98 Å². The van der Waals surface area contributed by atoms with Gasteiger partial charge in [-0.2, -0.15) is 0 Å². The van der Waals surface area contributed by atoms with Crippen LogP contribution < -0.4 is 21.3 Å². The summed E-state index contributed by atoms with van der Waals surface area (Å²) in [5.74, 6) is 1.20. The third-order valence-electron chi connectivity index (χ3n) is 3.32. The van der Waals surface area contributed by atoms with Crippen LogP contribution >= 0.6 is 0 Å². The highest BCUT2D eigenvalue weighted by Crippen LogP contribution is 2.41. The minimum Gasteiger partial charge on any atom is -0.489 e. The molecular formula is C11H18N4O2. The summed E-state index contributed by atoms with van der Waals surface area (Å²) < 4.78 is 5.06. The first kappa shape index (κ1) is 11.9. The van der Waals surface area contributed by atoms with Gasteiger partial charge in [-0.3, -0.25) is 4.79 Å². The number of hydrogen-bond acceptors (Lipinski definition) is 5. The molecule has 1 aromatic heterocycles. The molecule has 2 rings (SSSR count). The van der Waals surface area contributed by atoms with E-state index in [9.17, 15) is 4.79 Å². The minimum absolute atomic E-state index is 0.202. The number of aromatic nitrogens is 2. The second-order valence-electron chi connectivity index (χ2n) is 4.63. The molecule has 0 spiro atoms. The van der Waals surface area contributed by atoms with Crippen LogP contribution in [0.5, 0.6) is 5.75 Å². The van der Waals surface area contributed by atoms with E-state index in [1.54, 1.807) is 0 Å². The van der Waals surface area contributed by atoms with Gasteiger partial charge in [0.25, 0.3) is 5.56 Å². The fourth-order valence-electron chi connectivity index (χ4n) is 1.98. The number of nitrogens with one attached hydrogen (secondary N) is 2. The molecular weight excluding hydrogens is 220 g/mol. The van der Waals surface area contributed by atoms with Gasteiger partial charge in [-0.15, -0.1) is 0 Å². The van der Waals surface area contributed by atoms with E-state index in [4.69, 9.17) is 10.5 Å². The monoisotopic (exact) mass is 238 g/mol. The van der Waals surface area contributed by atoms with Crippen LogP contribution in [0.1, 0.15) is 19.8 Å². The molecule has 1 saturated carbocycles. The van der Waals surface area contributed by atoms with Gasteiger partial charge >= 0.3 is 0 Å². The number of ether oxygens (including phenoxy) is 1. The molecule has 6 nitrogen and oxygen atoms in total. The zero-order chi connectivity index (χ0) is 12.5. The number of hydrogen-bond donors (Lipinski definition) is 3. The van der Waals surface area contributed by atoms with Crippen molar-refractivity contribution >= 4 is 5.82 Å². The zero-order valence-corrected chi connectivity index (χ0v) is 10.1. The molecule has 4 N–H and O–H groups in total. The lowest BCUT2D eigenvalue weighted by molar-refractivity contribution is 0.401. The Morgan fingerprint density at radius 3 is 2.94 bits per heavy atom. The number of nitrogens with two attached hydrogens (primary N) is 1. The fourth-order valence-corrected chi connectivity index (χ4v) is 1.98. The maximum atomic E-state index is 11.5. The van der Waals surface area contributed by atoms with Gasteiger partial charge < -0.3 is 20.8 Å². The third-order valence-corrected chi connectivity index (χ3v) is 3.32. The van der Waals surface area contributed by atoms with E-state index in [0.717, 1.165) is 12.8 Å². The first-order valence-corrected chi connectivity index (χ1v) is 5.70. The van der Waals surface area contributed by atoms with Crippen molar-refractivity contribution in [2.24, 2.45) is 11.7 Å². The van der Waals surface area contributed by atoms with Crippen molar-refractivity contribution in [2.45, 2.75) is 25.3 Å². The van der Waals surface area contributed by atoms with E-state index in [-0.39, 0.29) is 16.8 Å². The molecule has 17 heavy (non-hydrogen) atoms. The van der Waals surface area contributed by atoms with Gasteiger partial charge in [0, 0.05) is 6.54 Å². The number of aromatic amines is 1. The van der Waals surface area contributed by atoms with Crippen LogP contribution in [0.2, 0.25) is 0 Å². The molecule has 1 atom stereocenters.